The van der Waals surface area contributed by atoms with E-state index in [1.807, 2.05) is 66.7 Å². The highest BCUT2D eigenvalue weighted by molar-refractivity contribution is 6.43. The summed E-state index contributed by atoms with van der Waals surface area (Å²) in [6.07, 6.45) is 5.01. The molecule has 0 aliphatic carbocycles. The average Bonchev–Trinajstić information content (AvgIpc) is 3.61. The van der Waals surface area contributed by atoms with Crippen LogP contribution in [-0.2, 0) is 33.8 Å². The van der Waals surface area contributed by atoms with E-state index in [0.717, 1.165) is 44.1 Å². The molecule has 1 heterocycles. The van der Waals surface area contributed by atoms with Gasteiger partial charge in [0.2, 0.25) is 11.7 Å². The summed E-state index contributed by atoms with van der Waals surface area (Å²) >= 11 is 0. The Morgan fingerprint density at radius 3 is 1.73 bits per heavy atom. The van der Waals surface area contributed by atoms with E-state index in [2.05, 4.69) is 29.6 Å². The van der Waals surface area contributed by atoms with Gasteiger partial charge in [-0.1, -0.05) is 91.0 Å². The zero-order chi connectivity index (χ0) is 36.0. The minimum Gasteiger partial charge on any atom is -0.493 e. The minimum atomic E-state index is -0.880. The molecule has 5 rings (SSSR count). The number of likely N-dealkylation sites (tertiary alicyclic amines) is 1. The second-order valence-corrected chi connectivity index (χ2v) is 12.8. The fourth-order valence-electron chi connectivity index (χ4n) is 6.63. The zero-order valence-corrected chi connectivity index (χ0v) is 29.7. The van der Waals surface area contributed by atoms with Gasteiger partial charge in [0.25, 0.3) is 11.7 Å². The van der Waals surface area contributed by atoms with Crippen molar-refractivity contribution in [1.29, 1.82) is 0 Å². The van der Waals surface area contributed by atoms with Crippen LogP contribution in [0.4, 0.5) is 0 Å². The first-order chi connectivity index (χ1) is 24.9. The number of ketones is 1. The van der Waals surface area contributed by atoms with E-state index in [9.17, 15) is 14.4 Å². The Hall–Kier alpha value is -5.15. The highest BCUT2D eigenvalue weighted by Gasteiger charge is 2.43. The number of nitrogens with one attached hydrogen (secondary N) is 1. The van der Waals surface area contributed by atoms with Gasteiger partial charge in [0, 0.05) is 24.6 Å². The predicted molar refractivity (Wildman–Crippen MR) is 196 cm³/mol. The van der Waals surface area contributed by atoms with Crippen molar-refractivity contribution in [3.63, 3.8) is 0 Å². The first kappa shape index (κ1) is 37.1. The summed E-state index contributed by atoms with van der Waals surface area (Å²) < 4.78 is 22.5. The van der Waals surface area contributed by atoms with E-state index < -0.39 is 23.8 Å². The molecule has 1 aliphatic heterocycles. The van der Waals surface area contributed by atoms with Gasteiger partial charge in [0.15, 0.2) is 11.5 Å². The second kappa shape index (κ2) is 18.7. The van der Waals surface area contributed by atoms with Crippen LogP contribution in [-0.4, -0.2) is 68.6 Å². The Kier molecular flexibility index (Phi) is 13.6. The SMILES string of the molecule is COc1cc(C(=O)C(=O)N2CC(OCc3ccccc3)CC2C(=O)NC(CCCc2ccccc2)CCCc2ccccc2)cc(OC)c1OC. The molecule has 51 heavy (non-hydrogen) atoms. The molecular weight excluding hydrogens is 644 g/mol. The lowest BCUT2D eigenvalue weighted by Crippen LogP contribution is -2.50. The van der Waals surface area contributed by atoms with Gasteiger partial charge in [-0.15, -0.1) is 0 Å². The van der Waals surface area contributed by atoms with Crippen molar-refractivity contribution in [3.05, 3.63) is 125 Å². The maximum Gasteiger partial charge on any atom is 0.295 e. The molecule has 2 atom stereocenters. The summed E-state index contributed by atoms with van der Waals surface area (Å²) in [4.78, 5) is 43.3. The number of carbonyl (C=O) groups is 3. The predicted octanol–water partition coefficient (Wildman–Crippen LogP) is 6.61. The lowest BCUT2D eigenvalue weighted by molar-refractivity contribution is -0.135. The van der Waals surface area contributed by atoms with Crippen LogP contribution in [0.1, 0.15) is 59.2 Å². The third kappa shape index (κ3) is 10.2. The van der Waals surface area contributed by atoms with Crippen LogP contribution in [0, 0.1) is 0 Å². The van der Waals surface area contributed by atoms with Gasteiger partial charge < -0.3 is 29.2 Å². The van der Waals surface area contributed by atoms with Crippen LogP contribution in [0.5, 0.6) is 17.2 Å². The number of carbonyl (C=O) groups excluding carboxylic acids is 3. The van der Waals surface area contributed by atoms with Gasteiger partial charge in [-0.2, -0.15) is 0 Å². The summed E-state index contributed by atoms with van der Waals surface area (Å²) in [7, 11) is 4.35. The first-order valence-corrected chi connectivity index (χ1v) is 17.6. The molecule has 0 bridgehead atoms. The molecular formula is C42H48N2O7. The van der Waals surface area contributed by atoms with Crippen LogP contribution in [0.25, 0.3) is 0 Å². The Morgan fingerprint density at radius 1 is 0.725 bits per heavy atom. The minimum absolute atomic E-state index is 0.0713. The lowest BCUT2D eigenvalue weighted by atomic mass is 9.98. The molecule has 2 unspecified atom stereocenters. The third-order valence-electron chi connectivity index (χ3n) is 9.34. The van der Waals surface area contributed by atoms with Gasteiger partial charge in [-0.3, -0.25) is 14.4 Å². The monoisotopic (exact) mass is 692 g/mol. The van der Waals surface area contributed by atoms with Crippen molar-refractivity contribution >= 4 is 17.6 Å². The van der Waals surface area contributed by atoms with Crippen LogP contribution in [0.2, 0.25) is 0 Å². The molecule has 0 aromatic heterocycles. The summed E-state index contributed by atoms with van der Waals surface area (Å²) in [6, 6.07) is 32.3. The van der Waals surface area contributed by atoms with E-state index in [-0.39, 0.29) is 42.0 Å². The zero-order valence-electron chi connectivity index (χ0n) is 29.7. The molecule has 0 saturated carbocycles. The molecule has 1 N–H and O–H groups in total. The number of aryl methyl sites for hydroxylation is 2. The Labute approximate surface area is 300 Å². The summed E-state index contributed by atoms with van der Waals surface area (Å²) in [5.41, 5.74) is 3.56. The standard InChI is InChI=1S/C42H48N2O7/c1-48-37-25-33(26-38(49-2)40(37)50-3)39(45)42(47)44-28-35(51-29-32-19-11-6-12-20-32)27-36(44)41(46)43-34(23-13-21-30-15-7-4-8-16-30)24-14-22-31-17-9-5-10-18-31/h4-12,15-20,25-26,34-36H,13-14,21-24,27-29H2,1-3H3,(H,43,46). The molecule has 0 radical (unpaired) electrons. The number of amides is 2. The van der Waals surface area contributed by atoms with Gasteiger partial charge in [-0.25, -0.2) is 0 Å². The van der Waals surface area contributed by atoms with E-state index in [1.54, 1.807) is 0 Å². The third-order valence-corrected chi connectivity index (χ3v) is 9.34. The highest BCUT2D eigenvalue weighted by Crippen LogP contribution is 2.38. The topological polar surface area (TPSA) is 103 Å². The van der Waals surface area contributed by atoms with Crippen molar-refractivity contribution in [3.8, 4) is 17.2 Å². The Morgan fingerprint density at radius 2 is 1.24 bits per heavy atom. The Bertz CT molecular complexity index is 1640. The molecule has 1 aliphatic rings. The Balaban J connectivity index is 1.34. The number of rotatable bonds is 18. The van der Waals surface area contributed by atoms with E-state index in [1.165, 1.54) is 49.5 Å². The molecule has 4 aromatic carbocycles. The average molecular weight is 693 g/mol. The molecule has 268 valence electrons. The number of Topliss-reactive ketones (excluding diaryl/α,β-unsaturated/α-hetero) is 1. The molecule has 9 nitrogen and oxygen atoms in total. The van der Waals surface area contributed by atoms with Crippen molar-refractivity contribution in [2.45, 2.75) is 69.7 Å². The summed E-state index contributed by atoms with van der Waals surface area (Å²) in [5, 5.41) is 3.28. The second-order valence-electron chi connectivity index (χ2n) is 12.8. The summed E-state index contributed by atoms with van der Waals surface area (Å²) in [6.45, 7) is 0.427. The lowest BCUT2D eigenvalue weighted by Gasteiger charge is -2.26. The van der Waals surface area contributed by atoms with Gasteiger partial charge in [-0.05, 0) is 67.3 Å². The van der Waals surface area contributed by atoms with E-state index in [0.29, 0.717) is 12.4 Å². The van der Waals surface area contributed by atoms with Crippen LogP contribution >= 0.6 is 0 Å². The molecule has 1 saturated heterocycles. The van der Waals surface area contributed by atoms with Crippen molar-refractivity contribution in [1.82, 2.24) is 10.2 Å². The summed E-state index contributed by atoms with van der Waals surface area (Å²) in [5.74, 6) is -1.04. The van der Waals surface area contributed by atoms with E-state index in [4.69, 9.17) is 18.9 Å². The quantitative estimate of drug-likeness (QED) is 0.0925. The number of hydrogen-bond donors (Lipinski definition) is 1. The number of methoxy groups -OCH3 is 3. The van der Waals surface area contributed by atoms with Crippen LogP contribution < -0.4 is 19.5 Å². The first-order valence-electron chi connectivity index (χ1n) is 17.6. The largest absolute Gasteiger partial charge is 0.493 e. The maximum absolute atomic E-state index is 14.2. The van der Waals surface area contributed by atoms with Crippen molar-refractivity contribution in [2.75, 3.05) is 27.9 Å². The van der Waals surface area contributed by atoms with Crippen LogP contribution in [0.3, 0.4) is 0 Å². The number of hydrogen-bond acceptors (Lipinski definition) is 7. The molecule has 0 spiro atoms. The molecule has 9 heteroatoms. The van der Waals surface area contributed by atoms with Gasteiger partial charge >= 0.3 is 0 Å². The molecule has 4 aromatic rings. The number of nitrogens with zero attached hydrogens (tertiary/aromatic N) is 1. The fraction of sp³-hybridized carbons (Fsp3) is 0.357. The maximum atomic E-state index is 14.2. The highest BCUT2D eigenvalue weighted by atomic mass is 16.5. The van der Waals surface area contributed by atoms with Crippen molar-refractivity contribution < 1.29 is 33.3 Å². The normalized spacial score (nSPS) is 15.4. The fourth-order valence-corrected chi connectivity index (χ4v) is 6.63. The van der Waals surface area contributed by atoms with Gasteiger partial charge in [0.1, 0.15) is 6.04 Å². The van der Waals surface area contributed by atoms with E-state index >= 15 is 0 Å². The smallest absolute Gasteiger partial charge is 0.295 e. The number of ether oxygens (including phenoxy) is 4. The molecule has 1 fully saturated rings. The molecule has 2 amide bonds. The van der Waals surface area contributed by atoms with Crippen molar-refractivity contribution in [2.24, 2.45) is 0 Å². The number of benzene rings is 4. The van der Waals surface area contributed by atoms with Crippen LogP contribution in [0.15, 0.2) is 103 Å². The van der Waals surface area contributed by atoms with Gasteiger partial charge in [0.05, 0.1) is 34.0 Å².